The highest BCUT2D eigenvalue weighted by Gasteiger charge is 2.28. The molecule has 0 aromatic heterocycles. The second-order valence-electron chi connectivity index (χ2n) is 1.38. The van der Waals surface area contributed by atoms with E-state index < -0.39 is 11.7 Å². The first-order chi connectivity index (χ1) is 2.94. The van der Waals surface area contributed by atoms with Gasteiger partial charge < -0.3 is 0 Å². The van der Waals surface area contributed by atoms with E-state index in [1.54, 1.807) is 0 Å². The van der Waals surface area contributed by atoms with Gasteiger partial charge in [0, 0.05) is 0 Å². The summed E-state index contributed by atoms with van der Waals surface area (Å²) in [5.74, 6) is 0. The zero-order valence-corrected chi connectivity index (χ0v) is 5.33. The Bertz CT molecular complexity index is 55.7. The molecule has 0 aliphatic heterocycles. The molecule has 0 saturated heterocycles. The van der Waals surface area contributed by atoms with Gasteiger partial charge >= 0.3 is 0 Å². The normalized spacial score (nSPS) is 16.7. The van der Waals surface area contributed by atoms with Gasteiger partial charge in [0.1, 0.15) is 10.2 Å². The van der Waals surface area contributed by atoms with Gasteiger partial charge in [0.25, 0.3) is 0 Å². The fraction of sp³-hybridized carbons (Fsp3) is 1.00. The zero-order valence-electron chi connectivity index (χ0n) is 3.92. The first-order valence-electron chi connectivity index (χ1n) is 1.82. The van der Waals surface area contributed by atoms with Crippen molar-refractivity contribution in [2.24, 2.45) is 0 Å². The van der Waals surface area contributed by atoms with Crippen LogP contribution >= 0.6 is 0 Å². The highest BCUT2D eigenvalue weighted by atomic mass is 28.1. The Kier molecular flexibility index (Phi) is 1.86. The number of rotatable bonds is 1. The van der Waals surface area contributed by atoms with E-state index in [0.717, 1.165) is 6.92 Å². The Morgan fingerprint density at radius 3 is 1.71 bits per heavy atom. The standard InChI is InChI=1S/C3H6F3Si/c1-2(4)3(5,6)7/h2H,7H2,1H3. The summed E-state index contributed by atoms with van der Waals surface area (Å²) in [6.07, 6.45) is -2.02. The molecule has 4 heteroatoms. The third-order valence-corrected chi connectivity index (χ3v) is 1.14. The van der Waals surface area contributed by atoms with Gasteiger partial charge in [0.2, 0.25) is 5.55 Å². The van der Waals surface area contributed by atoms with E-state index in [2.05, 4.69) is 0 Å². The van der Waals surface area contributed by atoms with Gasteiger partial charge in [0.15, 0.2) is 6.17 Å². The number of halogens is 3. The molecule has 0 heterocycles. The van der Waals surface area contributed by atoms with E-state index in [1.165, 1.54) is 0 Å². The predicted molar refractivity (Wildman–Crippen MR) is 24.1 cm³/mol. The van der Waals surface area contributed by atoms with Gasteiger partial charge in [-0.2, -0.15) is 0 Å². The maximum absolute atomic E-state index is 11.5. The van der Waals surface area contributed by atoms with Crippen LogP contribution in [0.1, 0.15) is 6.92 Å². The molecule has 1 radical (unpaired) electrons. The van der Waals surface area contributed by atoms with Crippen molar-refractivity contribution in [3.05, 3.63) is 0 Å². The van der Waals surface area contributed by atoms with Crippen LogP contribution in [0.5, 0.6) is 0 Å². The van der Waals surface area contributed by atoms with Crippen molar-refractivity contribution in [3.63, 3.8) is 0 Å². The van der Waals surface area contributed by atoms with Crippen molar-refractivity contribution in [2.75, 3.05) is 0 Å². The van der Waals surface area contributed by atoms with Crippen molar-refractivity contribution in [1.29, 1.82) is 0 Å². The summed E-state index contributed by atoms with van der Waals surface area (Å²) in [6, 6.07) is 0. The van der Waals surface area contributed by atoms with Crippen LogP contribution in [-0.4, -0.2) is 22.0 Å². The molecule has 7 heavy (non-hydrogen) atoms. The predicted octanol–water partition coefficient (Wildman–Crippen LogP) is 0.570. The van der Waals surface area contributed by atoms with E-state index in [4.69, 9.17) is 0 Å². The third-order valence-electron chi connectivity index (χ3n) is 0.582. The van der Waals surface area contributed by atoms with E-state index in [9.17, 15) is 13.2 Å². The van der Waals surface area contributed by atoms with Crippen LogP contribution in [0.4, 0.5) is 13.2 Å². The first kappa shape index (κ1) is 7.01. The molecule has 1 atom stereocenters. The Labute approximate surface area is 43.1 Å². The van der Waals surface area contributed by atoms with E-state index >= 15 is 0 Å². The molecular weight excluding hydrogens is 121 g/mol. The highest BCUT2D eigenvalue weighted by molar-refractivity contribution is 6.13. The Morgan fingerprint density at radius 2 is 1.71 bits per heavy atom. The number of alkyl halides is 3. The van der Waals surface area contributed by atoms with E-state index in [1.807, 2.05) is 0 Å². The summed E-state index contributed by atoms with van der Waals surface area (Å²) in [4.78, 5) is 0. The first-order valence-corrected chi connectivity index (χ1v) is 2.52. The van der Waals surface area contributed by atoms with Gasteiger partial charge in [-0.1, -0.05) is 0 Å². The summed E-state index contributed by atoms with van der Waals surface area (Å²) in [7, 11) is 0.363. The maximum atomic E-state index is 11.5. The molecule has 1 unspecified atom stereocenters. The SMILES string of the molecule is CC(F)C(F)(F)[SiH2]. The van der Waals surface area contributed by atoms with Crippen LogP contribution in [-0.2, 0) is 0 Å². The van der Waals surface area contributed by atoms with Gasteiger partial charge in [0.05, 0.1) is 0 Å². The van der Waals surface area contributed by atoms with Crippen molar-refractivity contribution in [2.45, 2.75) is 18.6 Å². The van der Waals surface area contributed by atoms with Crippen LogP contribution in [0.25, 0.3) is 0 Å². The molecular formula is C3H6F3Si. The summed E-state index contributed by atoms with van der Waals surface area (Å²) in [5.41, 5.74) is -3.14. The molecule has 0 saturated carbocycles. The monoisotopic (exact) mass is 127 g/mol. The van der Waals surface area contributed by atoms with Crippen molar-refractivity contribution in [1.82, 2.24) is 0 Å². The molecule has 0 aromatic rings. The van der Waals surface area contributed by atoms with Crippen LogP contribution in [0.15, 0.2) is 0 Å². The molecule has 0 rings (SSSR count). The smallest absolute Gasteiger partial charge is 0.242 e. The Hall–Kier alpha value is 0.00688. The maximum Gasteiger partial charge on any atom is 0.250 e. The fourth-order valence-electron chi connectivity index (χ4n) is 0. The van der Waals surface area contributed by atoms with Crippen LogP contribution in [0.3, 0.4) is 0 Å². The highest BCUT2D eigenvalue weighted by Crippen LogP contribution is 2.15. The average molecular weight is 127 g/mol. The van der Waals surface area contributed by atoms with E-state index in [-0.39, 0.29) is 0 Å². The zero-order chi connectivity index (χ0) is 6.08. The minimum Gasteiger partial charge on any atom is -0.242 e. The summed E-state index contributed by atoms with van der Waals surface area (Å²) < 4.78 is 34.4. The second-order valence-corrected chi connectivity index (χ2v) is 2.32. The Balaban J connectivity index is 3.54. The Morgan fingerprint density at radius 1 is 1.57 bits per heavy atom. The molecule has 43 valence electrons. The average Bonchev–Trinajstić information content (AvgIpc) is 1.31. The molecule has 0 aliphatic carbocycles. The summed E-state index contributed by atoms with van der Waals surface area (Å²) in [5, 5.41) is 0. The van der Waals surface area contributed by atoms with Crippen molar-refractivity contribution < 1.29 is 13.2 Å². The third kappa shape index (κ3) is 2.67. The van der Waals surface area contributed by atoms with Crippen LogP contribution in [0, 0.1) is 0 Å². The van der Waals surface area contributed by atoms with Crippen LogP contribution in [0.2, 0.25) is 0 Å². The van der Waals surface area contributed by atoms with Crippen LogP contribution < -0.4 is 0 Å². The fourth-order valence-corrected chi connectivity index (χ4v) is 0. The quantitative estimate of drug-likeness (QED) is 0.452. The molecule has 0 nitrogen and oxygen atoms in total. The number of hydrogen-bond acceptors (Lipinski definition) is 0. The van der Waals surface area contributed by atoms with Crippen molar-refractivity contribution in [3.8, 4) is 0 Å². The van der Waals surface area contributed by atoms with Gasteiger partial charge in [-0.05, 0) is 6.92 Å². The molecule has 0 bridgehead atoms. The second kappa shape index (κ2) is 1.86. The van der Waals surface area contributed by atoms with E-state index in [0.29, 0.717) is 10.2 Å². The molecule has 0 N–H and O–H groups in total. The molecule has 0 amide bonds. The lowest BCUT2D eigenvalue weighted by Crippen LogP contribution is -2.26. The molecule has 0 fully saturated rings. The lowest BCUT2D eigenvalue weighted by atomic mass is 10.5. The summed E-state index contributed by atoms with van der Waals surface area (Å²) >= 11 is 0. The van der Waals surface area contributed by atoms with Gasteiger partial charge in [-0.25, -0.2) is 13.2 Å². The minimum atomic E-state index is -3.14. The van der Waals surface area contributed by atoms with Gasteiger partial charge in [-0.3, -0.25) is 0 Å². The lowest BCUT2D eigenvalue weighted by Gasteiger charge is -2.09. The molecule has 0 aliphatic rings. The topological polar surface area (TPSA) is 0 Å². The number of hydrogen-bond donors (Lipinski definition) is 0. The van der Waals surface area contributed by atoms with Crippen molar-refractivity contribution >= 4 is 10.2 Å². The molecule has 0 aromatic carbocycles. The minimum absolute atomic E-state index is 0.363. The molecule has 0 spiro atoms. The largest absolute Gasteiger partial charge is 0.250 e. The van der Waals surface area contributed by atoms with Gasteiger partial charge in [-0.15, -0.1) is 0 Å². The summed E-state index contributed by atoms with van der Waals surface area (Å²) in [6.45, 7) is 0.840. The lowest BCUT2D eigenvalue weighted by molar-refractivity contribution is 0.0152.